The van der Waals surface area contributed by atoms with Gasteiger partial charge in [-0.15, -0.1) is 16.7 Å². The summed E-state index contributed by atoms with van der Waals surface area (Å²) in [6, 6.07) is 0. The van der Waals surface area contributed by atoms with Crippen LogP contribution < -0.4 is 0 Å². The lowest BCUT2D eigenvalue weighted by Gasteiger charge is -2.03. The van der Waals surface area contributed by atoms with Crippen LogP contribution in [-0.2, 0) is 12.4 Å². The molecule has 13 heavy (non-hydrogen) atoms. The molecule has 5 heteroatoms. The molecule has 0 bridgehead atoms. The van der Waals surface area contributed by atoms with Crippen molar-refractivity contribution in [3.8, 4) is 0 Å². The predicted molar refractivity (Wildman–Crippen MR) is 49.3 cm³/mol. The molecule has 0 amide bonds. The highest BCUT2D eigenvalue weighted by atomic mass is 35.5. The van der Waals surface area contributed by atoms with Crippen LogP contribution in [0.5, 0.6) is 0 Å². The van der Waals surface area contributed by atoms with Gasteiger partial charge in [-0.05, 0) is 28.2 Å². The maximum atomic E-state index is 5.69. The summed E-state index contributed by atoms with van der Waals surface area (Å²) in [5.74, 6) is 1.86. The zero-order chi connectivity index (χ0) is 9.47. The predicted octanol–water partition coefficient (Wildman–Crippen LogP) is 1.46. The average molecular weight is 201 g/mol. The van der Waals surface area contributed by atoms with Gasteiger partial charge in [0.25, 0.3) is 0 Å². The first-order valence-corrected chi connectivity index (χ1v) is 4.98. The number of rotatable bonds is 3. The minimum absolute atomic E-state index is 0.389. The Morgan fingerprint density at radius 3 is 2.85 bits per heavy atom. The molecule has 0 aromatic carbocycles. The summed E-state index contributed by atoms with van der Waals surface area (Å²) < 4.78 is 1.81. The fraction of sp³-hybridized carbons (Fsp3) is 0.875. The molecule has 0 spiro atoms. The van der Waals surface area contributed by atoms with E-state index in [0.717, 1.165) is 12.4 Å². The van der Waals surface area contributed by atoms with E-state index in [1.807, 2.05) is 4.68 Å². The molecule has 0 aliphatic heterocycles. The summed E-state index contributed by atoms with van der Waals surface area (Å²) in [6.45, 7) is 5.44. The lowest BCUT2D eigenvalue weighted by atomic mass is 10.1. The zero-order valence-electron chi connectivity index (χ0n) is 7.87. The fourth-order valence-electron chi connectivity index (χ4n) is 1.56. The van der Waals surface area contributed by atoms with Gasteiger partial charge in [0.15, 0.2) is 5.82 Å². The maximum absolute atomic E-state index is 5.69. The third kappa shape index (κ3) is 1.68. The number of aromatic nitrogens is 4. The number of halogens is 1. The molecule has 4 nitrogen and oxygen atoms in total. The number of alkyl halides is 1. The molecule has 1 atom stereocenters. The molecule has 0 radical (unpaired) electrons. The van der Waals surface area contributed by atoms with Gasteiger partial charge in [-0.25, -0.2) is 4.68 Å². The first-order chi connectivity index (χ1) is 6.13. The van der Waals surface area contributed by atoms with E-state index in [-0.39, 0.29) is 0 Å². The fourth-order valence-corrected chi connectivity index (χ4v) is 1.75. The normalized spacial score (nSPS) is 24.7. The molecular formula is C8H13ClN4. The lowest BCUT2D eigenvalue weighted by molar-refractivity contribution is 0.457. The average Bonchev–Trinajstić information content (AvgIpc) is 2.50. The Morgan fingerprint density at radius 2 is 2.31 bits per heavy atom. The van der Waals surface area contributed by atoms with Crippen molar-refractivity contribution in [2.45, 2.75) is 32.7 Å². The number of nitrogens with zero attached hydrogens (tertiary/aromatic N) is 4. The van der Waals surface area contributed by atoms with Gasteiger partial charge >= 0.3 is 0 Å². The van der Waals surface area contributed by atoms with Crippen molar-refractivity contribution in [2.75, 3.05) is 0 Å². The van der Waals surface area contributed by atoms with Gasteiger partial charge in [-0.3, -0.25) is 0 Å². The highest BCUT2D eigenvalue weighted by Gasteiger charge is 2.45. The summed E-state index contributed by atoms with van der Waals surface area (Å²) in [4.78, 5) is 0. The topological polar surface area (TPSA) is 43.6 Å². The second-order valence-corrected chi connectivity index (χ2v) is 4.57. The van der Waals surface area contributed by atoms with Crippen molar-refractivity contribution >= 4 is 11.6 Å². The lowest BCUT2D eigenvalue weighted by Crippen LogP contribution is -2.08. The first-order valence-electron chi connectivity index (χ1n) is 4.44. The molecule has 1 aromatic heterocycles. The highest BCUT2D eigenvalue weighted by Crippen LogP contribution is 2.52. The summed E-state index contributed by atoms with van der Waals surface area (Å²) in [6.07, 6.45) is 1.26. The minimum Gasteiger partial charge on any atom is -0.228 e. The second kappa shape index (κ2) is 2.94. The van der Waals surface area contributed by atoms with Crippen LogP contribution in [0.25, 0.3) is 0 Å². The third-order valence-electron chi connectivity index (χ3n) is 2.84. The van der Waals surface area contributed by atoms with E-state index in [2.05, 4.69) is 29.4 Å². The second-order valence-electron chi connectivity index (χ2n) is 4.30. The number of hydrogen-bond acceptors (Lipinski definition) is 3. The first kappa shape index (κ1) is 8.94. The van der Waals surface area contributed by atoms with Crippen molar-refractivity contribution in [2.24, 2.45) is 11.3 Å². The van der Waals surface area contributed by atoms with Crippen LogP contribution in [0.15, 0.2) is 0 Å². The van der Waals surface area contributed by atoms with Crippen LogP contribution in [0.1, 0.15) is 26.1 Å². The molecule has 1 saturated carbocycles. The van der Waals surface area contributed by atoms with E-state index in [4.69, 9.17) is 11.6 Å². The van der Waals surface area contributed by atoms with Crippen LogP contribution in [0.2, 0.25) is 0 Å². The van der Waals surface area contributed by atoms with E-state index in [9.17, 15) is 0 Å². The number of hydrogen-bond donors (Lipinski definition) is 0. The van der Waals surface area contributed by atoms with Crippen LogP contribution in [0.3, 0.4) is 0 Å². The quantitative estimate of drug-likeness (QED) is 0.694. The third-order valence-corrected chi connectivity index (χ3v) is 3.08. The van der Waals surface area contributed by atoms with Gasteiger partial charge in [0.1, 0.15) is 0 Å². The number of tetrazole rings is 1. The van der Waals surface area contributed by atoms with E-state index < -0.39 is 0 Å². The Hall–Kier alpha value is -0.640. The van der Waals surface area contributed by atoms with Crippen LogP contribution in [0, 0.1) is 11.3 Å². The van der Waals surface area contributed by atoms with Crippen LogP contribution >= 0.6 is 11.6 Å². The standard InChI is InChI=1S/C8H13ClN4/c1-8(2)3-6(8)5-13-7(4-9)10-11-12-13/h6H,3-5H2,1-2H3. The summed E-state index contributed by atoms with van der Waals surface area (Å²) in [5.41, 5.74) is 0.468. The molecule has 72 valence electrons. The van der Waals surface area contributed by atoms with Gasteiger partial charge in [0, 0.05) is 6.54 Å². The smallest absolute Gasteiger partial charge is 0.166 e. The Labute approximate surface area is 82.3 Å². The van der Waals surface area contributed by atoms with Gasteiger partial charge in [0.05, 0.1) is 5.88 Å². The van der Waals surface area contributed by atoms with Crippen molar-refractivity contribution in [3.05, 3.63) is 5.82 Å². The molecule has 0 saturated heterocycles. The highest BCUT2D eigenvalue weighted by molar-refractivity contribution is 6.16. The minimum atomic E-state index is 0.389. The van der Waals surface area contributed by atoms with Crippen molar-refractivity contribution in [1.82, 2.24) is 20.2 Å². The monoisotopic (exact) mass is 200 g/mol. The van der Waals surface area contributed by atoms with Crippen LogP contribution in [0.4, 0.5) is 0 Å². The van der Waals surface area contributed by atoms with E-state index >= 15 is 0 Å². The Morgan fingerprint density at radius 1 is 1.62 bits per heavy atom. The SMILES string of the molecule is CC1(C)CC1Cn1nnnc1CCl. The molecule has 1 aliphatic rings. The molecule has 1 fully saturated rings. The van der Waals surface area contributed by atoms with E-state index in [0.29, 0.717) is 17.2 Å². The molecule has 1 heterocycles. The Kier molecular flexibility index (Phi) is 2.02. The Bertz CT molecular complexity index is 307. The van der Waals surface area contributed by atoms with Gasteiger partial charge < -0.3 is 0 Å². The molecule has 0 N–H and O–H groups in total. The molecular weight excluding hydrogens is 188 g/mol. The van der Waals surface area contributed by atoms with Crippen molar-refractivity contribution < 1.29 is 0 Å². The van der Waals surface area contributed by atoms with E-state index in [1.165, 1.54) is 6.42 Å². The van der Waals surface area contributed by atoms with Gasteiger partial charge in [0.2, 0.25) is 0 Å². The largest absolute Gasteiger partial charge is 0.228 e. The maximum Gasteiger partial charge on any atom is 0.166 e. The summed E-state index contributed by atoms with van der Waals surface area (Å²) in [7, 11) is 0. The van der Waals surface area contributed by atoms with E-state index in [1.54, 1.807) is 0 Å². The zero-order valence-corrected chi connectivity index (χ0v) is 8.62. The summed E-state index contributed by atoms with van der Waals surface area (Å²) >= 11 is 5.69. The van der Waals surface area contributed by atoms with Crippen molar-refractivity contribution in [1.29, 1.82) is 0 Å². The van der Waals surface area contributed by atoms with Crippen molar-refractivity contribution in [3.63, 3.8) is 0 Å². The molecule has 1 aromatic rings. The Balaban J connectivity index is 2.03. The molecule has 2 rings (SSSR count). The summed E-state index contributed by atoms with van der Waals surface area (Å²) in [5, 5.41) is 11.3. The molecule has 1 aliphatic carbocycles. The van der Waals surface area contributed by atoms with Gasteiger partial charge in [-0.2, -0.15) is 0 Å². The van der Waals surface area contributed by atoms with Crippen LogP contribution in [-0.4, -0.2) is 20.2 Å². The molecule has 1 unspecified atom stereocenters. The van der Waals surface area contributed by atoms with Gasteiger partial charge in [-0.1, -0.05) is 13.8 Å².